The Bertz CT molecular complexity index is 782. The van der Waals surface area contributed by atoms with Crippen LogP contribution in [0.3, 0.4) is 0 Å². The van der Waals surface area contributed by atoms with Gasteiger partial charge in [-0.05, 0) is 32.3 Å². The Morgan fingerprint density at radius 2 is 1.88 bits per heavy atom. The molecule has 1 aliphatic carbocycles. The van der Waals surface area contributed by atoms with Gasteiger partial charge < -0.3 is 20.9 Å². The van der Waals surface area contributed by atoms with Gasteiger partial charge in [-0.2, -0.15) is 0 Å². The number of thiophene rings is 1. The highest BCUT2D eigenvalue weighted by molar-refractivity contribution is 7.18. The Hall–Kier alpha value is -2.68. The Labute approximate surface area is 154 Å². The van der Waals surface area contributed by atoms with Crippen LogP contribution in [-0.4, -0.2) is 35.5 Å². The van der Waals surface area contributed by atoms with E-state index in [1.165, 1.54) is 0 Å². The van der Waals surface area contributed by atoms with Crippen molar-refractivity contribution in [3.8, 4) is 0 Å². The summed E-state index contributed by atoms with van der Waals surface area (Å²) in [5, 5.41) is 12.0. The molecule has 2 atom stereocenters. The van der Waals surface area contributed by atoms with Gasteiger partial charge in [-0.3, -0.25) is 14.4 Å². The molecule has 0 bridgehead atoms. The van der Waals surface area contributed by atoms with E-state index in [4.69, 9.17) is 10.5 Å². The minimum absolute atomic E-state index is 0.0321. The fraction of sp³-hybridized carbons (Fsp3) is 0.412. The maximum absolute atomic E-state index is 12.6. The number of carboxylic acid groups (broad SMARTS) is 1. The van der Waals surface area contributed by atoms with Crippen LogP contribution in [0.15, 0.2) is 12.2 Å². The summed E-state index contributed by atoms with van der Waals surface area (Å²) in [6.45, 7) is 3.36. The van der Waals surface area contributed by atoms with Gasteiger partial charge in [0.25, 0.3) is 5.91 Å². The predicted molar refractivity (Wildman–Crippen MR) is 95.1 cm³/mol. The van der Waals surface area contributed by atoms with E-state index in [1.54, 1.807) is 26.0 Å². The topological polar surface area (TPSA) is 136 Å². The molecule has 0 unspecified atom stereocenters. The fourth-order valence-electron chi connectivity index (χ4n) is 2.87. The van der Waals surface area contributed by atoms with E-state index < -0.39 is 35.6 Å². The summed E-state index contributed by atoms with van der Waals surface area (Å²) in [4.78, 5) is 48.0. The maximum atomic E-state index is 12.6. The zero-order valence-corrected chi connectivity index (χ0v) is 15.2. The second-order valence-corrected chi connectivity index (χ2v) is 6.85. The van der Waals surface area contributed by atoms with Crippen molar-refractivity contribution in [2.24, 2.45) is 17.6 Å². The van der Waals surface area contributed by atoms with E-state index in [0.717, 1.165) is 11.3 Å². The van der Waals surface area contributed by atoms with Crippen molar-refractivity contribution in [3.05, 3.63) is 28.2 Å². The minimum atomic E-state index is -1.06. The number of ether oxygens (including phenoxy) is 1. The number of anilines is 1. The van der Waals surface area contributed by atoms with Crippen molar-refractivity contribution in [2.45, 2.75) is 26.7 Å². The third kappa shape index (κ3) is 3.93. The summed E-state index contributed by atoms with van der Waals surface area (Å²) in [5.74, 6) is -4.60. The number of primary amides is 1. The average molecular weight is 380 g/mol. The molecule has 0 aromatic carbocycles. The zero-order chi connectivity index (χ0) is 19.4. The molecule has 4 N–H and O–H groups in total. The molecule has 140 valence electrons. The summed E-state index contributed by atoms with van der Waals surface area (Å²) in [7, 11) is 0. The lowest BCUT2D eigenvalue weighted by atomic mass is 9.82. The molecule has 2 rings (SSSR count). The average Bonchev–Trinajstić information content (AvgIpc) is 2.91. The number of hydrogen-bond donors (Lipinski definition) is 3. The highest BCUT2D eigenvalue weighted by Crippen LogP contribution is 2.35. The minimum Gasteiger partial charge on any atom is -0.481 e. The second kappa shape index (κ2) is 8.13. The van der Waals surface area contributed by atoms with Gasteiger partial charge in [0.05, 0.1) is 24.0 Å². The monoisotopic (exact) mass is 380 g/mol. The van der Waals surface area contributed by atoms with Gasteiger partial charge >= 0.3 is 11.9 Å². The number of hydrogen-bond acceptors (Lipinski definition) is 6. The van der Waals surface area contributed by atoms with Gasteiger partial charge in [-0.1, -0.05) is 12.2 Å². The zero-order valence-electron chi connectivity index (χ0n) is 14.4. The van der Waals surface area contributed by atoms with Crippen LogP contribution in [0.25, 0.3) is 0 Å². The van der Waals surface area contributed by atoms with Crippen LogP contribution in [0.4, 0.5) is 5.00 Å². The van der Waals surface area contributed by atoms with E-state index in [-0.39, 0.29) is 34.9 Å². The molecular weight excluding hydrogens is 360 g/mol. The molecule has 0 saturated carbocycles. The smallest absolute Gasteiger partial charge is 0.348 e. The predicted octanol–water partition coefficient (Wildman–Crippen LogP) is 1.94. The molecule has 2 amide bonds. The summed E-state index contributed by atoms with van der Waals surface area (Å²) in [6, 6.07) is 0. The number of allylic oxidation sites excluding steroid dienone is 2. The van der Waals surface area contributed by atoms with Crippen molar-refractivity contribution in [3.63, 3.8) is 0 Å². The molecule has 9 heteroatoms. The van der Waals surface area contributed by atoms with E-state index in [1.807, 2.05) is 0 Å². The Morgan fingerprint density at radius 1 is 1.27 bits per heavy atom. The molecule has 0 saturated heterocycles. The summed E-state index contributed by atoms with van der Waals surface area (Å²) < 4.78 is 4.95. The lowest BCUT2D eigenvalue weighted by Crippen LogP contribution is -2.35. The molecule has 1 aliphatic rings. The molecule has 1 aromatic rings. The summed E-state index contributed by atoms with van der Waals surface area (Å²) in [6.07, 6.45) is 4.02. The maximum Gasteiger partial charge on any atom is 0.348 e. The first-order valence-electron chi connectivity index (χ1n) is 8.06. The first-order chi connectivity index (χ1) is 12.3. The Kier molecular flexibility index (Phi) is 6.14. The van der Waals surface area contributed by atoms with Crippen LogP contribution in [0.2, 0.25) is 0 Å². The second-order valence-electron chi connectivity index (χ2n) is 5.83. The van der Waals surface area contributed by atoms with E-state index in [9.17, 15) is 24.3 Å². The van der Waals surface area contributed by atoms with Crippen LogP contribution in [0, 0.1) is 18.8 Å². The first kappa shape index (κ1) is 19.6. The van der Waals surface area contributed by atoms with Gasteiger partial charge in [0.1, 0.15) is 9.88 Å². The molecule has 0 fully saturated rings. The third-order valence-corrected chi connectivity index (χ3v) is 5.36. The van der Waals surface area contributed by atoms with Gasteiger partial charge in [-0.15, -0.1) is 11.3 Å². The normalized spacial score (nSPS) is 19.0. The first-order valence-corrected chi connectivity index (χ1v) is 8.88. The third-order valence-electron chi connectivity index (χ3n) is 4.18. The number of carboxylic acids is 1. The van der Waals surface area contributed by atoms with E-state index >= 15 is 0 Å². The molecule has 1 aromatic heterocycles. The summed E-state index contributed by atoms with van der Waals surface area (Å²) >= 11 is 0.892. The van der Waals surface area contributed by atoms with Gasteiger partial charge in [-0.25, -0.2) is 4.79 Å². The van der Waals surface area contributed by atoms with Crippen molar-refractivity contribution in [1.82, 2.24) is 0 Å². The number of esters is 1. The Morgan fingerprint density at radius 3 is 2.42 bits per heavy atom. The van der Waals surface area contributed by atoms with E-state index in [0.29, 0.717) is 5.56 Å². The van der Waals surface area contributed by atoms with E-state index in [2.05, 4.69) is 5.32 Å². The number of amides is 2. The molecule has 0 radical (unpaired) electrons. The molecule has 26 heavy (non-hydrogen) atoms. The highest BCUT2D eigenvalue weighted by Gasteiger charge is 2.35. The lowest BCUT2D eigenvalue weighted by Gasteiger charge is -2.24. The number of nitrogens with two attached hydrogens (primary N) is 1. The number of aliphatic carboxylic acids is 1. The number of nitrogens with one attached hydrogen (secondary N) is 1. The van der Waals surface area contributed by atoms with Crippen LogP contribution < -0.4 is 11.1 Å². The molecule has 1 heterocycles. The van der Waals surface area contributed by atoms with Gasteiger partial charge in [0, 0.05) is 0 Å². The fourth-order valence-corrected chi connectivity index (χ4v) is 3.98. The standard InChI is InChI=1S/C17H20N2O6S/c1-3-25-17(24)12-8(2)11(13(18)20)15(26-12)19-14(21)9-6-4-5-7-10(9)16(22)23/h4-5,9-10H,3,6-7H2,1-2H3,(H2,18,20)(H,19,21)(H,22,23)/t9-,10-/m1/s1. The number of rotatable bonds is 6. The van der Waals surface area contributed by atoms with Crippen molar-refractivity contribution >= 4 is 40.1 Å². The van der Waals surface area contributed by atoms with Crippen molar-refractivity contribution < 1.29 is 29.0 Å². The molecule has 0 spiro atoms. The van der Waals surface area contributed by atoms with Crippen LogP contribution in [0.5, 0.6) is 0 Å². The molecule has 0 aliphatic heterocycles. The van der Waals surface area contributed by atoms with Crippen LogP contribution in [0.1, 0.15) is 45.4 Å². The number of carbonyl (C=O) groups excluding carboxylic acids is 3. The summed E-state index contributed by atoms with van der Waals surface area (Å²) in [5.41, 5.74) is 5.75. The lowest BCUT2D eigenvalue weighted by molar-refractivity contribution is -0.146. The molecular formula is C17H20N2O6S. The van der Waals surface area contributed by atoms with Crippen molar-refractivity contribution in [2.75, 3.05) is 11.9 Å². The SMILES string of the molecule is CCOC(=O)c1sc(NC(=O)[C@@H]2CC=CC[C@H]2C(=O)O)c(C(N)=O)c1C. The van der Waals surface area contributed by atoms with Crippen LogP contribution in [-0.2, 0) is 14.3 Å². The van der Waals surface area contributed by atoms with Crippen molar-refractivity contribution in [1.29, 1.82) is 0 Å². The quantitative estimate of drug-likeness (QED) is 0.510. The van der Waals surface area contributed by atoms with Gasteiger partial charge in [0.2, 0.25) is 5.91 Å². The van der Waals surface area contributed by atoms with Crippen LogP contribution >= 0.6 is 11.3 Å². The van der Waals surface area contributed by atoms with Gasteiger partial charge in [0.15, 0.2) is 0 Å². The largest absolute Gasteiger partial charge is 0.481 e. The highest BCUT2D eigenvalue weighted by atomic mass is 32.1. The Balaban J connectivity index is 2.33. The molecule has 8 nitrogen and oxygen atoms in total. The number of carbonyl (C=O) groups is 4.